The van der Waals surface area contributed by atoms with Crippen molar-refractivity contribution in [2.75, 3.05) is 14.2 Å². The van der Waals surface area contributed by atoms with Gasteiger partial charge in [0.25, 0.3) is 0 Å². The van der Waals surface area contributed by atoms with E-state index in [-0.39, 0.29) is 23.8 Å². The Bertz CT molecular complexity index is 589. The van der Waals surface area contributed by atoms with Gasteiger partial charge in [-0.25, -0.2) is 0 Å². The molecule has 2 aliphatic rings. The zero-order chi connectivity index (χ0) is 15.0. The number of benzene rings is 1. The molecule has 2 fully saturated rings. The first-order valence-electron chi connectivity index (χ1n) is 7.52. The highest BCUT2D eigenvalue weighted by Crippen LogP contribution is 2.46. The van der Waals surface area contributed by atoms with Crippen molar-refractivity contribution in [2.24, 2.45) is 5.92 Å². The van der Waals surface area contributed by atoms with Gasteiger partial charge in [0.2, 0.25) is 0 Å². The summed E-state index contributed by atoms with van der Waals surface area (Å²) in [6, 6.07) is 8.91. The SMILES string of the molecule is C#Cc1cccc(C2CC3CCC(C2C(=O)OC)N3C)c1. The fraction of sp³-hybridized carbons (Fsp3) is 0.500. The third kappa shape index (κ3) is 2.34. The number of ether oxygens (including phenoxy) is 1. The Balaban J connectivity index is 1.99. The van der Waals surface area contributed by atoms with Crippen molar-refractivity contribution in [3.8, 4) is 12.3 Å². The highest BCUT2D eigenvalue weighted by Gasteiger charge is 2.49. The molecule has 0 spiro atoms. The number of piperidine rings is 1. The van der Waals surface area contributed by atoms with E-state index in [4.69, 9.17) is 11.2 Å². The van der Waals surface area contributed by atoms with Crippen LogP contribution in [0.5, 0.6) is 0 Å². The van der Waals surface area contributed by atoms with Gasteiger partial charge in [0.1, 0.15) is 0 Å². The number of rotatable bonds is 2. The Morgan fingerprint density at radius 3 is 2.95 bits per heavy atom. The Morgan fingerprint density at radius 1 is 1.43 bits per heavy atom. The molecule has 0 saturated carbocycles. The molecule has 0 amide bonds. The lowest BCUT2D eigenvalue weighted by molar-refractivity contribution is -0.150. The number of esters is 1. The quantitative estimate of drug-likeness (QED) is 0.616. The Morgan fingerprint density at radius 2 is 2.24 bits per heavy atom. The monoisotopic (exact) mass is 283 g/mol. The van der Waals surface area contributed by atoms with E-state index in [0.29, 0.717) is 6.04 Å². The number of fused-ring (bicyclic) bond motifs is 2. The molecular formula is C18H21NO2. The number of hydrogen-bond donors (Lipinski definition) is 0. The van der Waals surface area contributed by atoms with Crippen LogP contribution in [0, 0.1) is 18.3 Å². The number of carbonyl (C=O) groups is 1. The molecule has 1 aromatic rings. The molecule has 1 aromatic carbocycles. The van der Waals surface area contributed by atoms with Gasteiger partial charge >= 0.3 is 5.97 Å². The lowest BCUT2D eigenvalue weighted by Crippen LogP contribution is -2.49. The molecule has 2 aliphatic heterocycles. The highest BCUT2D eigenvalue weighted by molar-refractivity contribution is 5.75. The predicted octanol–water partition coefficient (Wildman–Crippen LogP) is 2.41. The fourth-order valence-electron chi connectivity index (χ4n) is 4.13. The Hall–Kier alpha value is -1.79. The van der Waals surface area contributed by atoms with Crippen molar-refractivity contribution in [1.82, 2.24) is 4.90 Å². The number of nitrogens with zero attached hydrogens (tertiary/aromatic N) is 1. The van der Waals surface area contributed by atoms with Crippen molar-refractivity contribution >= 4 is 5.97 Å². The van der Waals surface area contributed by atoms with Gasteiger partial charge < -0.3 is 4.74 Å². The van der Waals surface area contributed by atoms with Gasteiger partial charge in [0.15, 0.2) is 0 Å². The summed E-state index contributed by atoms with van der Waals surface area (Å²) < 4.78 is 5.09. The first kappa shape index (κ1) is 14.2. The minimum atomic E-state index is -0.0942. The largest absolute Gasteiger partial charge is 0.469 e. The normalized spacial score (nSPS) is 31.7. The summed E-state index contributed by atoms with van der Waals surface area (Å²) in [7, 11) is 3.62. The van der Waals surface area contributed by atoms with Gasteiger partial charge in [-0.05, 0) is 44.0 Å². The average molecular weight is 283 g/mol. The van der Waals surface area contributed by atoms with Crippen molar-refractivity contribution < 1.29 is 9.53 Å². The fourth-order valence-corrected chi connectivity index (χ4v) is 4.13. The highest BCUT2D eigenvalue weighted by atomic mass is 16.5. The second-order valence-electron chi connectivity index (χ2n) is 6.12. The second kappa shape index (κ2) is 5.54. The van der Waals surface area contributed by atoms with E-state index in [1.54, 1.807) is 0 Å². The molecule has 0 radical (unpaired) electrons. The zero-order valence-corrected chi connectivity index (χ0v) is 12.6. The van der Waals surface area contributed by atoms with Crippen LogP contribution in [0.25, 0.3) is 0 Å². The van der Waals surface area contributed by atoms with E-state index in [9.17, 15) is 4.79 Å². The number of hydrogen-bond acceptors (Lipinski definition) is 3. The van der Waals surface area contributed by atoms with Gasteiger partial charge in [0.05, 0.1) is 13.0 Å². The average Bonchev–Trinajstić information content (AvgIpc) is 2.76. The van der Waals surface area contributed by atoms with Crippen LogP contribution in [0.2, 0.25) is 0 Å². The maximum Gasteiger partial charge on any atom is 0.310 e. The van der Waals surface area contributed by atoms with E-state index in [2.05, 4.69) is 23.9 Å². The van der Waals surface area contributed by atoms with Crippen LogP contribution in [0.3, 0.4) is 0 Å². The molecule has 2 heterocycles. The third-order valence-corrected chi connectivity index (χ3v) is 5.22. The summed E-state index contributed by atoms with van der Waals surface area (Å²) in [5, 5.41) is 0. The van der Waals surface area contributed by atoms with Crippen LogP contribution in [0.15, 0.2) is 24.3 Å². The molecule has 3 nitrogen and oxygen atoms in total. The lowest BCUT2D eigenvalue weighted by atomic mass is 9.76. The first-order chi connectivity index (χ1) is 10.2. The number of methoxy groups -OCH3 is 1. The van der Waals surface area contributed by atoms with Crippen LogP contribution in [-0.4, -0.2) is 37.1 Å². The molecule has 2 bridgehead atoms. The van der Waals surface area contributed by atoms with Gasteiger partial charge in [-0.1, -0.05) is 18.1 Å². The molecule has 0 N–H and O–H groups in total. The van der Waals surface area contributed by atoms with E-state index >= 15 is 0 Å². The molecule has 4 atom stereocenters. The maximum atomic E-state index is 12.3. The standard InChI is InChI=1S/C18H21NO2/c1-4-12-6-5-7-13(10-12)15-11-14-8-9-16(19(14)2)17(15)18(20)21-3/h1,5-7,10,14-17H,8-9,11H2,2-3H3. The summed E-state index contributed by atoms with van der Waals surface area (Å²) in [5.74, 6) is 2.71. The van der Waals surface area contributed by atoms with Crippen molar-refractivity contribution in [3.05, 3.63) is 35.4 Å². The topological polar surface area (TPSA) is 29.5 Å². The maximum absolute atomic E-state index is 12.3. The first-order valence-corrected chi connectivity index (χ1v) is 7.52. The molecule has 0 aromatic heterocycles. The molecule has 110 valence electrons. The number of terminal acetylenes is 1. The van der Waals surface area contributed by atoms with Crippen molar-refractivity contribution in [1.29, 1.82) is 0 Å². The lowest BCUT2D eigenvalue weighted by Gasteiger charge is -2.41. The second-order valence-corrected chi connectivity index (χ2v) is 6.12. The number of carbonyl (C=O) groups excluding carboxylic acids is 1. The van der Waals surface area contributed by atoms with Crippen LogP contribution in [-0.2, 0) is 9.53 Å². The van der Waals surface area contributed by atoms with Gasteiger partial charge in [-0.3, -0.25) is 9.69 Å². The van der Waals surface area contributed by atoms with Crippen molar-refractivity contribution in [2.45, 2.75) is 37.3 Å². The van der Waals surface area contributed by atoms with Gasteiger partial charge in [-0.15, -0.1) is 6.42 Å². The van der Waals surface area contributed by atoms with Gasteiger partial charge in [-0.2, -0.15) is 0 Å². The Kier molecular flexibility index (Phi) is 3.73. The van der Waals surface area contributed by atoms with Crippen LogP contribution in [0.1, 0.15) is 36.3 Å². The third-order valence-electron chi connectivity index (χ3n) is 5.22. The Labute approximate surface area is 126 Å². The van der Waals surface area contributed by atoms with Gasteiger partial charge in [0, 0.05) is 23.6 Å². The van der Waals surface area contributed by atoms with E-state index in [1.807, 2.05) is 18.2 Å². The van der Waals surface area contributed by atoms with E-state index in [1.165, 1.54) is 19.1 Å². The summed E-state index contributed by atoms with van der Waals surface area (Å²) in [6.45, 7) is 0. The summed E-state index contributed by atoms with van der Waals surface area (Å²) >= 11 is 0. The van der Waals surface area contributed by atoms with E-state index < -0.39 is 0 Å². The molecule has 0 aliphatic carbocycles. The minimum absolute atomic E-state index is 0.0909. The molecular weight excluding hydrogens is 262 g/mol. The summed E-state index contributed by atoms with van der Waals surface area (Å²) in [5.41, 5.74) is 2.05. The molecule has 2 saturated heterocycles. The van der Waals surface area contributed by atoms with Crippen LogP contribution in [0.4, 0.5) is 0 Å². The zero-order valence-electron chi connectivity index (χ0n) is 12.6. The van der Waals surface area contributed by atoms with Crippen LogP contribution < -0.4 is 0 Å². The molecule has 4 unspecified atom stereocenters. The predicted molar refractivity (Wildman–Crippen MR) is 81.8 cm³/mol. The molecule has 3 rings (SSSR count). The summed E-state index contributed by atoms with van der Waals surface area (Å²) in [4.78, 5) is 14.7. The minimum Gasteiger partial charge on any atom is -0.469 e. The van der Waals surface area contributed by atoms with Crippen molar-refractivity contribution in [3.63, 3.8) is 0 Å². The smallest absolute Gasteiger partial charge is 0.310 e. The van der Waals surface area contributed by atoms with E-state index in [0.717, 1.165) is 18.4 Å². The molecule has 21 heavy (non-hydrogen) atoms. The molecule has 3 heteroatoms. The van der Waals surface area contributed by atoms with Crippen LogP contribution >= 0.6 is 0 Å². The summed E-state index contributed by atoms with van der Waals surface area (Å²) in [6.07, 6.45) is 8.75.